The highest BCUT2D eigenvalue weighted by atomic mass is 19.1. The van der Waals surface area contributed by atoms with E-state index >= 15 is 0 Å². The van der Waals surface area contributed by atoms with Crippen LogP contribution in [-0.4, -0.2) is 32.3 Å². The zero-order valence-electron chi connectivity index (χ0n) is 13.8. The second-order valence-corrected chi connectivity index (χ2v) is 6.24. The quantitative estimate of drug-likeness (QED) is 0.851. The molecular weight excluding hydrogens is 313 g/mol. The molecule has 2 aromatic rings. The molecule has 0 aliphatic rings. The molecule has 0 unspecified atom stereocenters. The van der Waals surface area contributed by atoms with Gasteiger partial charge in [-0.2, -0.15) is 5.10 Å². The third-order valence-corrected chi connectivity index (χ3v) is 3.75. The van der Waals surface area contributed by atoms with Gasteiger partial charge in [-0.25, -0.2) is 9.07 Å². The Balaban J connectivity index is 2.20. The van der Waals surface area contributed by atoms with Gasteiger partial charge < -0.3 is 10.4 Å². The summed E-state index contributed by atoms with van der Waals surface area (Å²) >= 11 is 0. The lowest BCUT2D eigenvalue weighted by Crippen LogP contribution is -2.43. The topological polar surface area (TPSA) is 84.2 Å². The first-order chi connectivity index (χ1) is 11.2. The van der Waals surface area contributed by atoms with Crippen molar-refractivity contribution in [2.24, 2.45) is 0 Å². The maximum atomic E-state index is 13.9. The molecule has 1 amide bonds. The van der Waals surface area contributed by atoms with Crippen LogP contribution in [0.5, 0.6) is 0 Å². The molecule has 0 bridgehead atoms. The van der Waals surface area contributed by atoms with Crippen LogP contribution in [0.3, 0.4) is 0 Å². The Labute approximate surface area is 139 Å². The Kier molecular flexibility index (Phi) is 5.02. The van der Waals surface area contributed by atoms with E-state index in [0.717, 1.165) is 0 Å². The third-order valence-electron chi connectivity index (χ3n) is 3.75. The highest BCUT2D eigenvalue weighted by Crippen LogP contribution is 2.18. The summed E-state index contributed by atoms with van der Waals surface area (Å²) in [6.07, 6.45) is 1.64. The molecule has 7 heteroatoms. The predicted octanol–water partition coefficient (Wildman–Crippen LogP) is 2.69. The molecule has 2 N–H and O–H groups in total. The number of nitrogens with zero attached hydrogens (tertiary/aromatic N) is 2. The average Bonchev–Trinajstić information content (AvgIpc) is 2.87. The zero-order chi connectivity index (χ0) is 17.9. The molecule has 0 saturated heterocycles. The molecule has 0 aliphatic carbocycles. The maximum Gasteiger partial charge on any atom is 0.303 e. The number of rotatable bonds is 6. The number of carbonyl (C=O) groups is 2. The highest BCUT2D eigenvalue weighted by Gasteiger charge is 2.24. The van der Waals surface area contributed by atoms with Gasteiger partial charge in [0.15, 0.2) is 0 Å². The summed E-state index contributed by atoms with van der Waals surface area (Å²) in [6.45, 7) is 5.19. The third kappa shape index (κ3) is 3.98. The molecule has 0 saturated carbocycles. The lowest BCUT2D eigenvalue weighted by atomic mass is 9.98. The molecule has 0 aliphatic heterocycles. The Hall–Kier alpha value is -2.70. The van der Waals surface area contributed by atoms with Crippen LogP contribution < -0.4 is 5.32 Å². The van der Waals surface area contributed by atoms with E-state index in [4.69, 9.17) is 5.11 Å². The number of hydrogen-bond donors (Lipinski definition) is 2. The van der Waals surface area contributed by atoms with Gasteiger partial charge in [0.25, 0.3) is 5.91 Å². The second-order valence-electron chi connectivity index (χ2n) is 6.24. The number of benzene rings is 1. The summed E-state index contributed by atoms with van der Waals surface area (Å²) in [6, 6.07) is 6.17. The predicted molar refractivity (Wildman–Crippen MR) is 86.7 cm³/mol. The van der Waals surface area contributed by atoms with Gasteiger partial charge in [-0.3, -0.25) is 9.59 Å². The van der Waals surface area contributed by atoms with Crippen LogP contribution in [0.2, 0.25) is 0 Å². The molecule has 1 heterocycles. The minimum atomic E-state index is -0.916. The number of para-hydroxylation sites is 1. The van der Waals surface area contributed by atoms with Gasteiger partial charge in [0, 0.05) is 12.0 Å². The zero-order valence-corrected chi connectivity index (χ0v) is 13.8. The van der Waals surface area contributed by atoms with Crippen LogP contribution >= 0.6 is 0 Å². The lowest BCUT2D eigenvalue weighted by molar-refractivity contribution is -0.137. The number of amides is 1. The normalized spacial score (nSPS) is 11.3. The van der Waals surface area contributed by atoms with E-state index in [-0.39, 0.29) is 18.0 Å². The van der Waals surface area contributed by atoms with Crippen molar-refractivity contribution in [3.63, 3.8) is 0 Å². The summed E-state index contributed by atoms with van der Waals surface area (Å²) in [5, 5.41) is 15.7. The molecule has 0 fully saturated rings. The Bertz CT molecular complexity index is 768. The molecule has 2 rings (SSSR count). The van der Waals surface area contributed by atoms with Crippen LogP contribution in [0, 0.1) is 12.7 Å². The van der Waals surface area contributed by atoms with Crippen molar-refractivity contribution in [3.8, 4) is 5.69 Å². The molecule has 0 atom stereocenters. The number of hydrogen-bond acceptors (Lipinski definition) is 3. The van der Waals surface area contributed by atoms with Crippen LogP contribution in [0.4, 0.5) is 4.39 Å². The molecule has 0 radical (unpaired) electrons. The Morgan fingerprint density at radius 2 is 2.00 bits per heavy atom. The number of carboxylic acids is 1. The molecule has 0 spiro atoms. The molecule has 1 aromatic heterocycles. The van der Waals surface area contributed by atoms with Crippen molar-refractivity contribution in [2.45, 2.75) is 39.2 Å². The minimum Gasteiger partial charge on any atom is -0.481 e. The summed E-state index contributed by atoms with van der Waals surface area (Å²) in [4.78, 5) is 23.1. The fraction of sp³-hybridized carbons (Fsp3) is 0.353. The first-order valence-corrected chi connectivity index (χ1v) is 7.55. The molecular formula is C17H20FN3O3. The highest BCUT2D eigenvalue weighted by molar-refractivity contribution is 5.95. The number of carbonyl (C=O) groups excluding carboxylic acids is 1. The summed E-state index contributed by atoms with van der Waals surface area (Å²) in [5.74, 6) is -1.72. The minimum absolute atomic E-state index is 0.0409. The summed E-state index contributed by atoms with van der Waals surface area (Å²) < 4.78 is 15.3. The Morgan fingerprint density at radius 1 is 1.33 bits per heavy atom. The first kappa shape index (κ1) is 17.7. The van der Waals surface area contributed by atoms with Crippen LogP contribution in [-0.2, 0) is 4.79 Å². The smallest absolute Gasteiger partial charge is 0.303 e. The summed E-state index contributed by atoms with van der Waals surface area (Å²) in [5.41, 5.74) is 0.412. The van der Waals surface area contributed by atoms with Crippen molar-refractivity contribution in [1.29, 1.82) is 0 Å². The van der Waals surface area contributed by atoms with E-state index in [1.54, 1.807) is 39.0 Å². The maximum absolute atomic E-state index is 13.9. The van der Waals surface area contributed by atoms with Gasteiger partial charge >= 0.3 is 5.97 Å². The molecule has 24 heavy (non-hydrogen) atoms. The number of halogens is 1. The molecule has 6 nitrogen and oxygen atoms in total. The second kappa shape index (κ2) is 6.82. The lowest BCUT2D eigenvalue weighted by Gasteiger charge is -2.25. The summed E-state index contributed by atoms with van der Waals surface area (Å²) in [7, 11) is 0. The molecule has 128 valence electrons. The fourth-order valence-corrected chi connectivity index (χ4v) is 2.36. The largest absolute Gasteiger partial charge is 0.481 e. The van der Waals surface area contributed by atoms with Crippen molar-refractivity contribution < 1.29 is 19.1 Å². The monoisotopic (exact) mass is 333 g/mol. The fourth-order valence-electron chi connectivity index (χ4n) is 2.36. The van der Waals surface area contributed by atoms with E-state index in [0.29, 0.717) is 17.7 Å². The number of nitrogens with one attached hydrogen (secondary N) is 1. The van der Waals surface area contributed by atoms with Crippen molar-refractivity contribution in [2.75, 3.05) is 0 Å². The van der Waals surface area contributed by atoms with Crippen molar-refractivity contribution in [1.82, 2.24) is 15.1 Å². The number of aromatic nitrogens is 2. The van der Waals surface area contributed by atoms with E-state index in [1.807, 2.05) is 0 Å². The van der Waals surface area contributed by atoms with Crippen molar-refractivity contribution >= 4 is 11.9 Å². The number of carboxylic acid groups (broad SMARTS) is 1. The van der Waals surface area contributed by atoms with E-state index < -0.39 is 17.3 Å². The first-order valence-electron chi connectivity index (χ1n) is 7.55. The number of aliphatic carboxylic acids is 1. The van der Waals surface area contributed by atoms with Gasteiger partial charge in [0.05, 0.1) is 17.5 Å². The standard InChI is InChI=1S/C17H20FN3O3/c1-11-12(16(24)20-17(2,3)9-8-15(22)23)10-19-21(11)14-7-5-4-6-13(14)18/h4-7,10H,8-9H2,1-3H3,(H,20,24)(H,22,23). The van der Waals surface area contributed by atoms with E-state index in [1.165, 1.54) is 16.9 Å². The van der Waals surface area contributed by atoms with E-state index in [2.05, 4.69) is 10.4 Å². The van der Waals surface area contributed by atoms with Gasteiger partial charge in [0.1, 0.15) is 11.5 Å². The van der Waals surface area contributed by atoms with Crippen LogP contribution in [0.25, 0.3) is 5.69 Å². The van der Waals surface area contributed by atoms with Gasteiger partial charge in [-0.15, -0.1) is 0 Å². The van der Waals surface area contributed by atoms with Gasteiger partial charge in [-0.1, -0.05) is 12.1 Å². The van der Waals surface area contributed by atoms with E-state index in [9.17, 15) is 14.0 Å². The van der Waals surface area contributed by atoms with Gasteiger partial charge in [0.2, 0.25) is 0 Å². The van der Waals surface area contributed by atoms with Crippen LogP contribution in [0.1, 0.15) is 42.7 Å². The Morgan fingerprint density at radius 3 is 2.62 bits per heavy atom. The van der Waals surface area contributed by atoms with Crippen molar-refractivity contribution in [3.05, 3.63) is 47.5 Å². The van der Waals surface area contributed by atoms with Crippen LogP contribution in [0.15, 0.2) is 30.5 Å². The van der Waals surface area contributed by atoms with Gasteiger partial charge in [-0.05, 0) is 39.3 Å². The SMILES string of the molecule is Cc1c(C(=O)NC(C)(C)CCC(=O)O)cnn1-c1ccccc1F. The average molecular weight is 333 g/mol. The molecule has 1 aromatic carbocycles.